The van der Waals surface area contributed by atoms with Crippen LogP contribution in [0.3, 0.4) is 0 Å². The fourth-order valence-corrected chi connectivity index (χ4v) is 3.63. The van der Waals surface area contributed by atoms with Crippen LogP contribution in [0.15, 0.2) is 36.9 Å². The standard InChI is InChI=1S/C14H15N5/c15-13-7-14(16,8-13)12(13)11-6-18-10(5-19-11)9-2-1-3-17-4-9/h1-6,12H,7-8,15-16H2. The molecule has 0 unspecified atom stereocenters. The average Bonchev–Trinajstić information content (AvgIpc) is 2.39. The Kier molecular flexibility index (Phi) is 1.96. The molecule has 0 aliphatic heterocycles. The summed E-state index contributed by atoms with van der Waals surface area (Å²) >= 11 is 0. The van der Waals surface area contributed by atoms with Crippen LogP contribution in [0.25, 0.3) is 11.3 Å². The number of rotatable bonds is 2. The predicted octanol–water partition coefficient (Wildman–Crippen LogP) is 0.825. The molecule has 2 aromatic rings. The van der Waals surface area contributed by atoms with Gasteiger partial charge in [0.1, 0.15) is 0 Å². The minimum Gasteiger partial charge on any atom is -0.324 e. The van der Waals surface area contributed by atoms with Crippen molar-refractivity contribution in [3.63, 3.8) is 0 Å². The van der Waals surface area contributed by atoms with E-state index in [4.69, 9.17) is 11.5 Å². The lowest BCUT2D eigenvalue weighted by molar-refractivity contribution is -0.0878. The molecule has 3 fully saturated rings. The maximum absolute atomic E-state index is 6.24. The highest BCUT2D eigenvalue weighted by Crippen LogP contribution is 2.66. The Hall–Kier alpha value is -1.85. The normalized spacial score (nSPS) is 35.4. The SMILES string of the molecule is NC12CC(N)(C1)C2c1cnc(-c2cccnc2)cn1. The van der Waals surface area contributed by atoms with Gasteiger partial charge in [0.05, 0.1) is 17.6 Å². The van der Waals surface area contributed by atoms with Crippen LogP contribution >= 0.6 is 0 Å². The first-order valence-electron chi connectivity index (χ1n) is 6.41. The zero-order valence-corrected chi connectivity index (χ0v) is 10.5. The van der Waals surface area contributed by atoms with Crippen molar-refractivity contribution >= 4 is 0 Å². The molecule has 2 heterocycles. The van der Waals surface area contributed by atoms with Crippen LogP contribution < -0.4 is 11.5 Å². The molecule has 0 amide bonds. The molecule has 0 saturated heterocycles. The second-order valence-corrected chi connectivity index (χ2v) is 5.82. The summed E-state index contributed by atoms with van der Waals surface area (Å²) in [6, 6.07) is 3.85. The number of nitrogens with two attached hydrogens (primary N) is 2. The molecular weight excluding hydrogens is 238 g/mol. The Morgan fingerprint density at radius 3 is 2.37 bits per heavy atom. The third-order valence-corrected chi connectivity index (χ3v) is 4.39. The van der Waals surface area contributed by atoms with Gasteiger partial charge in [0, 0.05) is 41.1 Å². The molecule has 0 radical (unpaired) electrons. The van der Waals surface area contributed by atoms with Crippen molar-refractivity contribution in [2.75, 3.05) is 0 Å². The Bertz CT molecular complexity index is 602. The van der Waals surface area contributed by atoms with Gasteiger partial charge in [-0.25, -0.2) is 0 Å². The van der Waals surface area contributed by atoms with Crippen molar-refractivity contribution < 1.29 is 0 Å². The molecule has 2 aromatic heterocycles. The first kappa shape index (κ1) is 11.0. The van der Waals surface area contributed by atoms with Gasteiger partial charge in [-0.2, -0.15) is 0 Å². The number of nitrogens with zero attached hydrogens (tertiary/aromatic N) is 3. The molecule has 3 aliphatic rings. The van der Waals surface area contributed by atoms with Gasteiger partial charge < -0.3 is 11.5 Å². The lowest BCUT2D eigenvalue weighted by Gasteiger charge is -2.72. The van der Waals surface area contributed by atoms with Gasteiger partial charge in [-0.3, -0.25) is 15.0 Å². The van der Waals surface area contributed by atoms with Crippen LogP contribution in [0.4, 0.5) is 0 Å². The zero-order chi connectivity index (χ0) is 13.1. The van der Waals surface area contributed by atoms with Gasteiger partial charge in [-0.1, -0.05) is 0 Å². The Balaban J connectivity index is 1.64. The van der Waals surface area contributed by atoms with Crippen molar-refractivity contribution in [3.8, 4) is 11.3 Å². The predicted molar refractivity (Wildman–Crippen MR) is 71.1 cm³/mol. The molecule has 5 heteroatoms. The molecule has 96 valence electrons. The van der Waals surface area contributed by atoms with Gasteiger partial charge in [-0.15, -0.1) is 0 Å². The van der Waals surface area contributed by atoms with E-state index in [0.717, 1.165) is 29.8 Å². The molecule has 3 saturated carbocycles. The van der Waals surface area contributed by atoms with E-state index in [1.54, 1.807) is 24.8 Å². The molecule has 5 rings (SSSR count). The van der Waals surface area contributed by atoms with Crippen LogP contribution in [0.2, 0.25) is 0 Å². The van der Waals surface area contributed by atoms with Crippen molar-refractivity contribution in [3.05, 3.63) is 42.6 Å². The van der Waals surface area contributed by atoms with Crippen molar-refractivity contribution in [2.24, 2.45) is 11.5 Å². The molecular formula is C14H15N5. The summed E-state index contributed by atoms with van der Waals surface area (Å²) in [5, 5.41) is 0. The van der Waals surface area contributed by atoms with Crippen molar-refractivity contribution in [1.29, 1.82) is 0 Å². The number of aromatic nitrogens is 3. The van der Waals surface area contributed by atoms with Crippen LogP contribution in [0.1, 0.15) is 24.5 Å². The monoisotopic (exact) mass is 253 g/mol. The summed E-state index contributed by atoms with van der Waals surface area (Å²) < 4.78 is 0. The largest absolute Gasteiger partial charge is 0.324 e. The van der Waals surface area contributed by atoms with Gasteiger partial charge in [0.2, 0.25) is 0 Å². The van der Waals surface area contributed by atoms with Crippen molar-refractivity contribution in [1.82, 2.24) is 15.0 Å². The maximum Gasteiger partial charge on any atom is 0.0900 e. The highest BCUT2D eigenvalue weighted by atomic mass is 15.1. The van der Waals surface area contributed by atoms with Gasteiger partial charge in [0.15, 0.2) is 0 Å². The third kappa shape index (κ3) is 1.39. The fourth-order valence-electron chi connectivity index (χ4n) is 3.63. The highest BCUT2D eigenvalue weighted by molar-refractivity contribution is 5.56. The first-order valence-corrected chi connectivity index (χ1v) is 6.41. The lowest BCUT2D eigenvalue weighted by Crippen LogP contribution is -2.86. The number of pyridine rings is 1. The van der Waals surface area contributed by atoms with E-state index in [0.29, 0.717) is 0 Å². The molecule has 4 N–H and O–H groups in total. The highest BCUT2D eigenvalue weighted by Gasteiger charge is 2.73. The quantitative estimate of drug-likeness (QED) is 0.827. The second kappa shape index (κ2) is 3.37. The van der Waals surface area contributed by atoms with Gasteiger partial charge in [0.25, 0.3) is 0 Å². The lowest BCUT2D eigenvalue weighted by atomic mass is 9.37. The first-order chi connectivity index (χ1) is 9.11. The summed E-state index contributed by atoms with van der Waals surface area (Å²) in [5.74, 6) is 0.162. The molecule has 2 bridgehead atoms. The Labute approximate surface area is 111 Å². The molecule has 5 nitrogen and oxygen atoms in total. The van der Waals surface area contributed by atoms with E-state index in [1.165, 1.54) is 0 Å². The number of hydrogen-bond acceptors (Lipinski definition) is 5. The van der Waals surface area contributed by atoms with E-state index in [2.05, 4.69) is 15.0 Å². The molecule has 0 aromatic carbocycles. The Morgan fingerprint density at radius 2 is 1.84 bits per heavy atom. The minimum absolute atomic E-state index is 0.140. The van der Waals surface area contributed by atoms with E-state index in [1.807, 2.05) is 12.1 Å². The smallest absolute Gasteiger partial charge is 0.0900 e. The molecule has 19 heavy (non-hydrogen) atoms. The zero-order valence-electron chi connectivity index (χ0n) is 10.5. The Morgan fingerprint density at radius 1 is 1.05 bits per heavy atom. The topological polar surface area (TPSA) is 90.7 Å². The summed E-state index contributed by atoms with van der Waals surface area (Å²) in [5.41, 5.74) is 14.9. The van der Waals surface area contributed by atoms with Gasteiger partial charge in [-0.05, 0) is 25.0 Å². The van der Waals surface area contributed by atoms with E-state index < -0.39 is 0 Å². The molecule has 3 aliphatic carbocycles. The summed E-state index contributed by atoms with van der Waals surface area (Å²) in [6.45, 7) is 0. The van der Waals surface area contributed by atoms with Crippen LogP contribution in [0, 0.1) is 0 Å². The fraction of sp³-hybridized carbons (Fsp3) is 0.357. The van der Waals surface area contributed by atoms with E-state index >= 15 is 0 Å². The third-order valence-electron chi connectivity index (χ3n) is 4.39. The maximum atomic E-state index is 6.24. The second-order valence-electron chi connectivity index (χ2n) is 5.82. The van der Waals surface area contributed by atoms with E-state index in [-0.39, 0.29) is 17.0 Å². The van der Waals surface area contributed by atoms with Crippen LogP contribution in [-0.2, 0) is 0 Å². The molecule has 0 spiro atoms. The summed E-state index contributed by atoms with van der Waals surface area (Å²) in [7, 11) is 0. The average molecular weight is 253 g/mol. The number of hydrogen-bond donors (Lipinski definition) is 2. The summed E-state index contributed by atoms with van der Waals surface area (Å²) in [4.78, 5) is 13.0. The molecule has 0 atom stereocenters. The minimum atomic E-state index is -0.140. The van der Waals surface area contributed by atoms with Crippen LogP contribution in [-0.4, -0.2) is 26.0 Å². The van der Waals surface area contributed by atoms with Gasteiger partial charge >= 0.3 is 0 Å². The van der Waals surface area contributed by atoms with Crippen molar-refractivity contribution in [2.45, 2.75) is 29.8 Å². The van der Waals surface area contributed by atoms with Crippen LogP contribution in [0.5, 0.6) is 0 Å². The summed E-state index contributed by atoms with van der Waals surface area (Å²) in [6.07, 6.45) is 8.89. The van der Waals surface area contributed by atoms with E-state index in [9.17, 15) is 0 Å².